The van der Waals surface area contributed by atoms with E-state index in [0.29, 0.717) is 17.0 Å². The topological polar surface area (TPSA) is 89.0 Å². The minimum atomic E-state index is -3.54. The lowest BCUT2D eigenvalue weighted by molar-refractivity contribution is 0.0939. The molecule has 0 aliphatic carbocycles. The highest BCUT2D eigenvalue weighted by molar-refractivity contribution is 7.91. The number of hydrogen-bond donors (Lipinski definition) is 1. The van der Waals surface area contributed by atoms with Gasteiger partial charge in [0.15, 0.2) is 9.84 Å². The molecule has 1 heterocycles. The molecule has 0 aliphatic heterocycles. The van der Waals surface area contributed by atoms with E-state index in [1.54, 1.807) is 31.5 Å². The molecule has 0 spiro atoms. The van der Waals surface area contributed by atoms with E-state index in [1.807, 2.05) is 52.0 Å². The Morgan fingerprint density at radius 1 is 0.938 bits per heavy atom. The van der Waals surface area contributed by atoms with Crippen molar-refractivity contribution in [1.82, 2.24) is 15.3 Å². The highest BCUT2D eigenvalue weighted by atomic mass is 32.2. The number of sulfone groups is 1. The zero-order valence-electron chi connectivity index (χ0n) is 19.1. The van der Waals surface area contributed by atoms with Crippen molar-refractivity contribution in [1.29, 1.82) is 0 Å². The van der Waals surface area contributed by atoms with E-state index >= 15 is 0 Å². The molecule has 1 aromatic heterocycles. The van der Waals surface area contributed by atoms with Crippen LogP contribution >= 0.6 is 0 Å². The summed E-state index contributed by atoms with van der Waals surface area (Å²) in [6.07, 6.45) is 3.35. The maximum Gasteiger partial charge on any atom is 0.251 e. The number of benzene rings is 2. The Balaban J connectivity index is 2.00. The summed E-state index contributed by atoms with van der Waals surface area (Å²) in [5.74, 6) is 0.288. The molecule has 3 aromatic rings. The fourth-order valence-corrected chi connectivity index (χ4v) is 5.03. The minimum absolute atomic E-state index is 0.0164. The molecule has 2 aromatic carbocycles. The maximum atomic E-state index is 13.1. The Bertz CT molecular complexity index is 1200. The van der Waals surface area contributed by atoms with Crippen LogP contribution in [0, 0.1) is 19.8 Å². The highest BCUT2D eigenvalue weighted by Crippen LogP contribution is 2.27. The van der Waals surface area contributed by atoms with Crippen molar-refractivity contribution < 1.29 is 13.2 Å². The summed E-state index contributed by atoms with van der Waals surface area (Å²) in [6.45, 7) is 9.35. The SMILES string of the molecule is Cc1ccc(-c2cc(C(=O)N[C@H](C)c3cnc(C)nc3)cc(S(=O)(=O)CC(C)C)c2)cc1. The number of aryl methyl sites for hydroxylation is 2. The average Bonchev–Trinajstić information content (AvgIpc) is 2.73. The summed E-state index contributed by atoms with van der Waals surface area (Å²) < 4.78 is 26.0. The molecule has 1 N–H and O–H groups in total. The summed E-state index contributed by atoms with van der Waals surface area (Å²) in [5.41, 5.74) is 3.71. The van der Waals surface area contributed by atoms with Gasteiger partial charge in [-0.2, -0.15) is 0 Å². The number of aromatic nitrogens is 2. The van der Waals surface area contributed by atoms with Gasteiger partial charge in [-0.3, -0.25) is 4.79 Å². The summed E-state index contributed by atoms with van der Waals surface area (Å²) in [4.78, 5) is 21.6. The number of amides is 1. The van der Waals surface area contributed by atoms with Crippen LogP contribution in [0.25, 0.3) is 11.1 Å². The van der Waals surface area contributed by atoms with E-state index in [1.165, 1.54) is 6.07 Å². The van der Waals surface area contributed by atoms with Crippen LogP contribution in [0.2, 0.25) is 0 Å². The first-order chi connectivity index (χ1) is 15.0. The van der Waals surface area contributed by atoms with Gasteiger partial charge >= 0.3 is 0 Å². The average molecular weight is 452 g/mol. The zero-order chi connectivity index (χ0) is 23.5. The van der Waals surface area contributed by atoms with Gasteiger partial charge in [0.25, 0.3) is 5.91 Å². The molecule has 168 valence electrons. The molecule has 6 nitrogen and oxygen atoms in total. The lowest BCUT2D eigenvalue weighted by atomic mass is 10.0. The van der Waals surface area contributed by atoms with E-state index in [-0.39, 0.29) is 28.5 Å². The fraction of sp³-hybridized carbons (Fsp3) is 0.320. The molecule has 0 fully saturated rings. The monoisotopic (exact) mass is 451 g/mol. The first-order valence-electron chi connectivity index (χ1n) is 10.6. The van der Waals surface area contributed by atoms with Crippen LogP contribution in [0.15, 0.2) is 59.8 Å². The van der Waals surface area contributed by atoms with Gasteiger partial charge in [0.2, 0.25) is 0 Å². The standard InChI is InChI=1S/C25H29N3O3S/c1-16(2)15-32(30,31)24-11-21(20-8-6-17(3)7-9-20)10-22(12-24)25(29)28-18(4)23-13-26-19(5)27-14-23/h6-14,16,18H,15H2,1-5H3,(H,28,29)/t18-/m1/s1. The van der Waals surface area contributed by atoms with Crippen molar-refractivity contribution in [2.24, 2.45) is 5.92 Å². The summed E-state index contributed by atoms with van der Waals surface area (Å²) in [6, 6.07) is 12.3. The summed E-state index contributed by atoms with van der Waals surface area (Å²) in [5, 5.41) is 2.93. The molecule has 0 saturated heterocycles. The molecule has 1 amide bonds. The Hall–Kier alpha value is -3.06. The Morgan fingerprint density at radius 3 is 2.16 bits per heavy atom. The largest absolute Gasteiger partial charge is 0.345 e. The third-order valence-corrected chi connectivity index (χ3v) is 7.17. The van der Waals surface area contributed by atoms with E-state index in [9.17, 15) is 13.2 Å². The van der Waals surface area contributed by atoms with E-state index in [2.05, 4.69) is 15.3 Å². The van der Waals surface area contributed by atoms with Gasteiger partial charge in [0.1, 0.15) is 5.82 Å². The Morgan fingerprint density at radius 2 is 1.56 bits per heavy atom. The van der Waals surface area contributed by atoms with Crippen LogP contribution in [-0.2, 0) is 9.84 Å². The number of rotatable bonds is 7. The number of carbonyl (C=O) groups excluding carboxylic acids is 1. The van der Waals surface area contributed by atoms with Gasteiger partial charge in [0.05, 0.1) is 16.7 Å². The van der Waals surface area contributed by atoms with Crippen LogP contribution in [0.3, 0.4) is 0 Å². The van der Waals surface area contributed by atoms with Crippen LogP contribution < -0.4 is 5.32 Å². The smallest absolute Gasteiger partial charge is 0.251 e. The molecule has 0 aliphatic rings. The third-order valence-electron chi connectivity index (χ3n) is 5.11. The van der Waals surface area contributed by atoms with E-state index in [4.69, 9.17) is 0 Å². The molecular formula is C25H29N3O3S. The second kappa shape index (κ2) is 9.61. The van der Waals surface area contributed by atoms with E-state index < -0.39 is 9.84 Å². The number of nitrogens with one attached hydrogen (secondary N) is 1. The normalized spacial score (nSPS) is 12.6. The third kappa shape index (κ3) is 5.79. The van der Waals surface area contributed by atoms with Crippen molar-refractivity contribution in [3.05, 3.63) is 77.4 Å². The predicted octanol–water partition coefficient (Wildman–Crippen LogP) is 4.68. The van der Waals surface area contributed by atoms with Gasteiger partial charge in [-0.1, -0.05) is 43.7 Å². The number of hydrogen-bond acceptors (Lipinski definition) is 5. The van der Waals surface area contributed by atoms with Gasteiger partial charge in [-0.25, -0.2) is 18.4 Å². The van der Waals surface area contributed by atoms with Gasteiger partial charge < -0.3 is 5.32 Å². The molecule has 0 radical (unpaired) electrons. The molecule has 0 bridgehead atoms. The number of carbonyl (C=O) groups is 1. The quantitative estimate of drug-likeness (QED) is 0.563. The molecule has 0 unspecified atom stereocenters. The molecule has 1 atom stereocenters. The summed E-state index contributed by atoms with van der Waals surface area (Å²) in [7, 11) is -3.54. The summed E-state index contributed by atoms with van der Waals surface area (Å²) >= 11 is 0. The molecule has 32 heavy (non-hydrogen) atoms. The lowest BCUT2D eigenvalue weighted by Crippen LogP contribution is -2.27. The van der Waals surface area contributed by atoms with Crippen LogP contribution in [0.1, 0.15) is 54.1 Å². The van der Waals surface area contributed by atoms with Crippen LogP contribution in [-0.4, -0.2) is 30.0 Å². The first-order valence-corrected chi connectivity index (χ1v) is 12.2. The Labute approximate surface area is 190 Å². The van der Waals surface area contributed by atoms with E-state index in [0.717, 1.165) is 16.7 Å². The second-order valence-corrected chi connectivity index (χ2v) is 10.6. The lowest BCUT2D eigenvalue weighted by Gasteiger charge is -2.16. The Kier molecular flexibility index (Phi) is 7.09. The molecule has 3 rings (SSSR count). The fourth-order valence-electron chi connectivity index (χ4n) is 3.35. The van der Waals surface area contributed by atoms with Crippen molar-refractivity contribution in [2.45, 2.75) is 45.6 Å². The molecule has 0 saturated carbocycles. The van der Waals surface area contributed by atoms with Crippen molar-refractivity contribution in [3.8, 4) is 11.1 Å². The minimum Gasteiger partial charge on any atom is -0.345 e. The van der Waals surface area contributed by atoms with Crippen LogP contribution in [0.5, 0.6) is 0 Å². The van der Waals surface area contributed by atoms with Gasteiger partial charge in [0, 0.05) is 23.5 Å². The molecule has 7 heteroatoms. The van der Waals surface area contributed by atoms with Gasteiger partial charge in [-0.15, -0.1) is 0 Å². The van der Waals surface area contributed by atoms with Crippen LogP contribution in [0.4, 0.5) is 0 Å². The maximum absolute atomic E-state index is 13.1. The predicted molar refractivity (Wildman–Crippen MR) is 126 cm³/mol. The zero-order valence-corrected chi connectivity index (χ0v) is 19.9. The van der Waals surface area contributed by atoms with Gasteiger partial charge in [-0.05, 0) is 56.0 Å². The highest BCUT2D eigenvalue weighted by Gasteiger charge is 2.21. The first kappa shape index (κ1) is 23.6. The van der Waals surface area contributed by atoms with Crippen molar-refractivity contribution in [3.63, 3.8) is 0 Å². The van der Waals surface area contributed by atoms with Crippen molar-refractivity contribution >= 4 is 15.7 Å². The second-order valence-electron chi connectivity index (χ2n) is 8.55. The number of nitrogens with zero attached hydrogens (tertiary/aromatic N) is 2. The molecular weight excluding hydrogens is 422 g/mol. The van der Waals surface area contributed by atoms with Crippen molar-refractivity contribution in [2.75, 3.05) is 5.75 Å².